The van der Waals surface area contributed by atoms with E-state index in [-0.39, 0.29) is 11.9 Å². The summed E-state index contributed by atoms with van der Waals surface area (Å²) in [6.07, 6.45) is 13.7. The average Bonchev–Trinajstić information content (AvgIpc) is 3.38. The highest BCUT2D eigenvalue weighted by Crippen LogP contribution is 2.31. The lowest BCUT2D eigenvalue weighted by molar-refractivity contribution is -0.131. The smallest absolute Gasteiger partial charge is 0.227 e. The summed E-state index contributed by atoms with van der Waals surface area (Å²) in [5, 5.41) is 0. The van der Waals surface area contributed by atoms with Crippen LogP contribution in [0.4, 0.5) is 0 Å². The van der Waals surface area contributed by atoms with Crippen LogP contribution in [0.25, 0.3) is 5.82 Å². The summed E-state index contributed by atoms with van der Waals surface area (Å²) >= 11 is 0. The molecule has 1 aliphatic heterocycles. The van der Waals surface area contributed by atoms with Crippen LogP contribution in [0.3, 0.4) is 0 Å². The molecule has 0 unspecified atom stereocenters. The molecule has 1 saturated heterocycles. The van der Waals surface area contributed by atoms with Crippen molar-refractivity contribution >= 4 is 5.91 Å². The van der Waals surface area contributed by atoms with E-state index in [9.17, 15) is 4.79 Å². The van der Waals surface area contributed by atoms with Crippen LogP contribution in [0.15, 0.2) is 49.3 Å². The Kier molecular flexibility index (Phi) is 4.91. The van der Waals surface area contributed by atoms with Crippen molar-refractivity contribution in [2.45, 2.75) is 38.6 Å². The molecule has 27 heavy (non-hydrogen) atoms. The Hall–Kier alpha value is -3.09. The van der Waals surface area contributed by atoms with E-state index in [0.717, 1.165) is 48.7 Å². The first-order chi connectivity index (χ1) is 13.3. The minimum absolute atomic E-state index is 0.0322. The topological polar surface area (TPSA) is 76.8 Å². The van der Waals surface area contributed by atoms with Gasteiger partial charge in [0.05, 0.1) is 30.6 Å². The lowest BCUT2D eigenvalue weighted by Gasteiger charge is -2.24. The highest BCUT2D eigenvalue weighted by Gasteiger charge is 2.31. The molecule has 7 heteroatoms. The molecule has 1 amide bonds. The summed E-state index contributed by atoms with van der Waals surface area (Å²) in [6.45, 7) is 2.81. The molecule has 1 atom stereocenters. The van der Waals surface area contributed by atoms with Crippen LogP contribution in [0.1, 0.15) is 42.9 Å². The van der Waals surface area contributed by atoms with Crippen LogP contribution < -0.4 is 0 Å². The number of hydrogen-bond donors (Lipinski definition) is 0. The molecule has 0 saturated carbocycles. The van der Waals surface area contributed by atoms with Gasteiger partial charge in [0.15, 0.2) is 5.82 Å². The highest BCUT2D eigenvalue weighted by atomic mass is 16.2. The number of pyridine rings is 1. The van der Waals surface area contributed by atoms with E-state index in [1.54, 1.807) is 31.0 Å². The average molecular weight is 362 g/mol. The van der Waals surface area contributed by atoms with Crippen LogP contribution in [0.5, 0.6) is 0 Å². The first-order valence-electron chi connectivity index (χ1n) is 9.29. The van der Waals surface area contributed by atoms with Crippen molar-refractivity contribution in [3.05, 3.63) is 66.4 Å². The van der Waals surface area contributed by atoms with E-state index >= 15 is 0 Å². The van der Waals surface area contributed by atoms with Gasteiger partial charge in [0.25, 0.3) is 0 Å². The Labute approximate surface area is 158 Å². The zero-order valence-electron chi connectivity index (χ0n) is 15.3. The van der Waals surface area contributed by atoms with E-state index in [1.165, 1.54) is 0 Å². The van der Waals surface area contributed by atoms with Crippen molar-refractivity contribution in [1.29, 1.82) is 0 Å². The van der Waals surface area contributed by atoms with Gasteiger partial charge in [-0.05, 0) is 24.5 Å². The molecule has 4 rings (SSSR count). The predicted octanol–water partition coefficient (Wildman–Crippen LogP) is 2.53. The number of carbonyl (C=O) groups excluding carboxylic acids is 1. The molecule has 138 valence electrons. The Morgan fingerprint density at radius 1 is 1.22 bits per heavy atom. The fourth-order valence-corrected chi connectivity index (χ4v) is 3.60. The number of aromatic nitrogens is 5. The van der Waals surface area contributed by atoms with Crippen LogP contribution >= 0.6 is 0 Å². The summed E-state index contributed by atoms with van der Waals surface area (Å²) in [7, 11) is 0. The van der Waals surface area contributed by atoms with E-state index < -0.39 is 0 Å². The second kappa shape index (κ2) is 7.65. The van der Waals surface area contributed by atoms with Gasteiger partial charge in [-0.1, -0.05) is 13.0 Å². The van der Waals surface area contributed by atoms with E-state index in [0.29, 0.717) is 6.42 Å². The van der Waals surface area contributed by atoms with Crippen molar-refractivity contribution in [2.75, 3.05) is 6.54 Å². The van der Waals surface area contributed by atoms with Gasteiger partial charge >= 0.3 is 0 Å². The van der Waals surface area contributed by atoms with E-state index in [1.807, 2.05) is 27.8 Å². The second-order valence-corrected chi connectivity index (χ2v) is 6.65. The molecule has 1 aliphatic rings. The number of nitrogens with zero attached hydrogens (tertiary/aromatic N) is 6. The minimum Gasteiger partial charge on any atom is -0.334 e. The van der Waals surface area contributed by atoms with Crippen LogP contribution in [0, 0.1) is 0 Å². The maximum Gasteiger partial charge on any atom is 0.227 e. The van der Waals surface area contributed by atoms with E-state index in [4.69, 9.17) is 4.98 Å². The summed E-state index contributed by atoms with van der Waals surface area (Å²) < 4.78 is 1.95. The number of aryl methyl sites for hydroxylation is 1. The first kappa shape index (κ1) is 17.3. The van der Waals surface area contributed by atoms with Crippen molar-refractivity contribution in [2.24, 2.45) is 0 Å². The number of hydrogen-bond acceptors (Lipinski definition) is 5. The Morgan fingerprint density at radius 2 is 2.15 bits per heavy atom. The van der Waals surface area contributed by atoms with Gasteiger partial charge in [-0.25, -0.2) is 9.97 Å². The second-order valence-electron chi connectivity index (χ2n) is 6.65. The Bertz CT molecular complexity index is 923. The monoisotopic (exact) mass is 362 g/mol. The lowest BCUT2D eigenvalue weighted by atomic mass is 10.1. The molecule has 1 fully saturated rings. The molecule has 0 aromatic carbocycles. The zero-order chi connectivity index (χ0) is 18.6. The normalized spacial score (nSPS) is 16.6. The number of likely N-dealkylation sites (tertiary alicyclic amines) is 1. The summed E-state index contributed by atoms with van der Waals surface area (Å²) in [4.78, 5) is 32.4. The van der Waals surface area contributed by atoms with Crippen LogP contribution in [-0.2, 0) is 17.6 Å². The maximum atomic E-state index is 12.8. The van der Waals surface area contributed by atoms with Crippen LogP contribution in [0.2, 0.25) is 0 Å². The van der Waals surface area contributed by atoms with Crippen molar-refractivity contribution in [1.82, 2.24) is 29.4 Å². The summed E-state index contributed by atoms with van der Waals surface area (Å²) in [5.74, 6) is 1.79. The third kappa shape index (κ3) is 3.58. The fourth-order valence-electron chi connectivity index (χ4n) is 3.60. The van der Waals surface area contributed by atoms with Crippen molar-refractivity contribution in [3.63, 3.8) is 0 Å². The maximum absolute atomic E-state index is 12.8. The highest BCUT2D eigenvalue weighted by molar-refractivity contribution is 5.79. The van der Waals surface area contributed by atoms with Gasteiger partial charge in [-0.2, -0.15) is 0 Å². The van der Waals surface area contributed by atoms with Gasteiger partial charge in [-0.3, -0.25) is 19.3 Å². The molecule has 0 aliphatic carbocycles. The SMILES string of the molecule is CCc1nccn1-c1cncc([C@@H]2CCCN2C(=O)Cc2cccnc2)n1. The van der Waals surface area contributed by atoms with Crippen LogP contribution in [-0.4, -0.2) is 41.9 Å². The van der Waals surface area contributed by atoms with Gasteiger partial charge in [0.2, 0.25) is 5.91 Å². The molecular weight excluding hydrogens is 340 g/mol. The Balaban J connectivity index is 1.57. The van der Waals surface area contributed by atoms with Crippen molar-refractivity contribution < 1.29 is 4.79 Å². The number of rotatable bonds is 5. The molecule has 3 aromatic rings. The number of amides is 1. The molecule has 4 heterocycles. The zero-order valence-corrected chi connectivity index (χ0v) is 15.3. The van der Waals surface area contributed by atoms with Gasteiger partial charge in [0.1, 0.15) is 5.82 Å². The third-order valence-electron chi connectivity index (χ3n) is 4.91. The third-order valence-corrected chi connectivity index (χ3v) is 4.91. The first-order valence-corrected chi connectivity index (χ1v) is 9.29. The molecule has 3 aromatic heterocycles. The predicted molar refractivity (Wildman–Crippen MR) is 100 cm³/mol. The molecular formula is C20H22N6O. The summed E-state index contributed by atoms with van der Waals surface area (Å²) in [6, 6.07) is 3.76. The van der Waals surface area contributed by atoms with E-state index in [2.05, 4.69) is 21.9 Å². The molecule has 0 radical (unpaired) electrons. The molecule has 0 spiro atoms. The van der Waals surface area contributed by atoms with Gasteiger partial charge in [-0.15, -0.1) is 0 Å². The number of imidazole rings is 1. The molecule has 0 N–H and O–H groups in total. The molecule has 7 nitrogen and oxygen atoms in total. The van der Waals surface area contributed by atoms with Gasteiger partial charge in [0, 0.05) is 37.8 Å². The van der Waals surface area contributed by atoms with Gasteiger partial charge < -0.3 is 4.90 Å². The summed E-state index contributed by atoms with van der Waals surface area (Å²) in [5.41, 5.74) is 1.76. The minimum atomic E-state index is -0.0322. The largest absolute Gasteiger partial charge is 0.334 e. The lowest BCUT2D eigenvalue weighted by Crippen LogP contribution is -2.32. The Morgan fingerprint density at radius 3 is 2.96 bits per heavy atom. The van der Waals surface area contributed by atoms with Crippen molar-refractivity contribution in [3.8, 4) is 5.82 Å². The fraction of sp³-hybridized carbons (Fsp3) is 0.350. The quantitative estimate of drug-likeness (QED) is 0.697. The number of carbonyl (C=O) groups is 1. The molecule has 0 bridgehead atoms. The standard InChI is InChI=1S/C20H22N6O/c1-2-18-23-8-10-26(18)19-14-22-13-16(24-19)17-6-4-9-25(17)20(27)11-15-5-3-7-21-12-15/h3,5,7-8,10,12-14,17H,2,4,6,9,11H2,1H3/t17-/m0/s1.